The zero-order chi connectivity index (χ0) is 11.3. The molecule has 0 spiro atoms. The first-order chi connectivity index (χ1) is 7.08. The average molecular weight is 211 g/mol. The molecular formula is C11H17NO3. The van der Waals surface area contributed by atoms with E-state index in [-0.39, 0.29) is 6.54 Å². The lowest BCUT2D eigenvalue weighted by molar-refractivity contribution is -0.912. The quantitative estimate of drug-likeness (QED) is 0.661. The van der Waals surface area contributed by atoms with Crippen molar-refractivity contribution in [2.45, 2.75) is 20.4 Å². The fourth-order valence-corrected chi connectivity index (χ4v) is 1.65. The molecule has 0 aliphatic rings. The van der Waals surface area contributed by atoms with Crippen LogP contribution in [-0.2, 0) is 11.3 Å². The van der Waals surface area contributed by atoms with Crippen LogP contribution in [0, 0.1) is 5.92 Å². The summed E-state index contributed by atoms with van der Waals surface area (Å²) in [6.45, 7) is 5.56. The first-order valence-corrected chi connectivity index (χ1v) is 5.13. The van der Waals surface area contributed by atoms with Gasteiger partial charge in [0, 0.05) is 5.92 Å². The molecule has 15 heavy (non-hydrogen) atoms. The van der Waals surface area contributed by atoms with Crippen molar-refractivity contribution in [2.24, 2.45) is 5.92 Å². The molecule has 1 N–H and O–H groups in total. The third kappa shape index (κ3) is 4.65. The van der Waals surface area contributed by atoms with E-state index in [1.54, 1.807) is 12.3 Å². The molecule has 1 aromatic heterocycles. The molecule has 0 aromatic carbocycles. The molecule has 1 unspecified atom stereocenters. The fourth-order valence-electron chi connectivity index (χ4n) is 1.65. The van der Waals surface area contributed by atoms with Gasteiger partial charge in [0.15, 0.2) is 5.76 Å². The van der Waals surface area contributed by atoms with Crippen LogP contribution in [0.25, 0.3) is 0 Å². The van der Waals surface area contributed by atoms with Crippen LogP contribution in [0.1, 0.15) is 19.6 Å². The van der Waals surface area contributed by atoms with Gasteiger partial charge in [-0.2, -0.15) is 0 Å². The highest BCUT2D eigenvalue weighted by molar-refractivity contribution is 5.65. The lowest BCUT2D eigenvalue weighted by atomic mass is 10.2. The molecule has 1 aromatic rings. The second-order valence-electron chi connectivity index (χ2n) is 4.15. The van der Waals surface area contributed by atoms with Gasteiger partial charge in [0.05, 0.1) is 18.8 Å². The van der Waals surface area contributed by atoms with Gasteiger partial charge < -0.3 is 19.2 Å². The Bertz CT molecular complexity index is 293. The van der Waals surface area contributed by atoms with E-state index in [1.165, 1.54) is 0 Å². The highest BCUT2D eigenvalue weighted by Gasteiger charge is 2.13. The third-order valence-electron chi connectivity index (χ3n) is 2.10. The molecule has 84 valence electrons. The third-order valence-corrected chi connectivity index (χ3v) is 2.10. The predicted molar refractivity (Wildman–Crippen MR) is 53.0 cm³/mol. The highest BCUT2D eigenvalue weighted by Crippen LogP contribution is 1.97. The molecular weight excluding hydrogens is 194 g/mol. The zero-order valence-electron chi connectivity index (χ0n) is 9.16. The second-order valence-corrected chi connectivity index (χ2v) is 4.15. The molecule has 0 aliphatic carbocycles. The number of quaternary nitrogens is 1. The summed E-state index contributed by atoms with van der Waals surface area (Å²) in [4.78, 5) is 11.5. The molecule has 4 heteroatoms. The number of carbonyl (C=O) groups is 1. The summed E-state index contributed by atoms with van der Waals surface area (Å²) in [6, 6.07) is 3.66. The topological polar surface area (TPSA) is 57.7 Å². The summed E-state index contributed by atoms with van der Waals surface area (Å²) >= 11 is 0. The Kier molecular flexibility index (Phi) is 4.37. The Morgan fingerprint density at radius 1 is 1.60 bits per heavy atom. The first-order valence-electron chi connectivity index (χ1n) is 5.13. The Labute approximate surface area is 89.5 Å². The number of carbonyl (C=O) groups excluding carboxylic acids is 1. The fraction of sp³-hybridized carbons (Fsp3) is 0.545. The van der Waals surface area contributed by atoms with E-state index in [0.717, 1.165) is 17.2 Å². The average Bonchev–Trinajstić information content (AvgIpc) is 2.53. The minimum absolute atomic E-state index is 0.0267. The molecule has 0 saturated carbocycles. The smallest absolute Gasteiger partial charge is 0.157 e. The van der Waals surface area contributed by atoms with Gasteiger partial charge in [-0.05, 0) is 12.1 Å². The summed E-state index contributed by atoms with van der Waals surface area (Å²) in [5.41, 5.74) is 0. The Morgan fingerprint density at radius 2 is 2.33 bits per heavy atom. The van der Waals surface area contributed by atoms with Gasteiger partial charge in [0.2, 0.25) is 0 Å². The lowest BCUT2D eigenvalue weighted by Gasteiger charge is -2.20. The van der Waals surface area contributed by atoms with Crippen LogP contribution in [0.15, 0.2) is 22.8 Å². The van der Waals surface area contributed by atoms with Gasteiger partial charge in [-0.1, -0.05) is 13.8 Å². The minimum atomic E-state index is -1.02. The molecule has 0 aliphatic heterocycles. The summed E-state index contributed by atoms with van der Waals surface area (Å²) < 4.78 is 5.19. The number of aliphatic carboxylic acids is 1. The number of carboxylic acid groups (broad SMARTS) is 1. The van der Waals surface area contributed by atoms with Gasteiger partial charge in [-0.3, -0.25) is 0 Å². The van der Waals surface area contributed by atoms with E-state index in [2.05, 4.69) is 13.8 Å². The Balaban J connectivity index is 2.52. The number of nitrogens with one attached hydrogen (secondary N) is 1. The van der Waals surface area contributed by atoms with Crippen LogP contribution < -0.4 is 10.0 Å². The van der Waals surface area contributed by atoms with Gasteiger partial charge in [-0.15, -0.1) is 0 Å². The van der Waals surface area contributed by atoms with Crippen molar-refractivity contribution in [1.82, 2.24) is 0 Å². The van der Waals surface area contributed by atoms with E-state index in [4.69, 9.17) is 4.42 Å². The van der Waals surface area contributed by atoms with Crippen molar-refractivity contribution >= 4 is 5.97 Å². The number of carboxylic acids is 1. The highest BCUT2D eigenvalue weighted by atomic mass is 16.4. The maximum absolute atomic E-state index is 10.6. The van der Waals surface area contributed by atoms with Gasteiger partial charge in [-0.25, -0.2) is 0 Å². The molecule has 1 atom stereocenters. The standard InChI is InChI=1S/C11H17NO3/c1-9(2)6-12(8-11(13)14)7-10-4-3-5-15-10/h3-5,9H,6-8H2,1-2H3,(H,13,14). The Hall–Kier alpha value is -1.29. The summed E-state index contributed by atoms with van der Waals surface area (Å²) in [5, 5.41) is 10.6. The van der Waals surface area contributed by atoms with Crippen LogP contribution >= 0.6 is 0 Å². The monoisotopic (exact) mass is 211 g/mol. The molecule has 1 heterocycles. The molecule has 1 rings (SSSR count). The molecule has 0 radical (unpaired) electrons. The lowest BCUT2D eigenvalue weighted by Crippen LogP contribution is -3.12. The van der Waals surface area contributed by atoms with Gasteiger partial charge in [0.1, 0.15) is 13.1 Å². The predicted octanol–water partition coefficient (Wildman–Crippen LogP) is -0.930. The molecule has 4 nitrogen and oxygen atoms in total. The molecule has 0 saturated heterocycles. The van der Waals surface area contributed by atoms with E-state index >= 15 is 0 Å². The van der Waals surface area contributed by atoms with E-state index in [9.17, 15) is 9.90 Å². The van der Waals surface area contributed by atoms with Crippen molar-refractivity contribution in [2.75, 3.05) is 13.1 Å². The summed E-state index contributed by atoms with van der Waals surface area (Å²) in [7, 11) is 0. The van der Waals surface area contributed by atoms with Crippen LogP contribution in [0.5, 0.6) is 0 Å². The van der Waals surface area contributed by atoms with Crippen molar-refractivity contribution in [3.05, 3.63) is 24.2 Å². The molecule has 0 fully saturated rings. The van der Waals surface area contributed by atoms with Crippen LogP contribution in [-0.4, -0.2) is 19.1 Å². The van der Waals surface area contributed by atoms with E-state index < -0.39 is 5.97 Å². The number of furan rings is 1. The van der Waals surface area contributed by atoms with Crippen LogP contribution in [0.4, 0.5) is 0 Å². The number of hydrogen-bond acceptors (Lipinski definition) is 3. The van der Waals surface area contributed by atoms with Crippen LogP contribution in [0.3, 0.4) is 0 Å². The maximum atomic E-state index is 10.6. The van der Waals surface area contributed by atoms with Crippen molar-refractivity contribution in [3.8, 4) is 0 Å². The van der Waals surface area contributed by atoms with E-state index in [1.807, 2.05) is 6.07 Å². The maximum Gasteiger partial charge on any atom is 0.157 e. The van der Waals surface area contributed by atoms with Crippen LogP contribution in [0.2, 0.25) is 0 Å². The SMILES string of the molecule is CC(C)C[NH+](CC(=O)[O-])Cc1ccco1. The number of rotatable bonds is 6. The first kappa shape index (κ1) is 11.8. The summed E-state index contributed by atoms with van der Waals surface area (Å²) in [6.07, 6.45) is 1.60. The van der Waals surface area contributed by atoms with Crippen molar-refractivity contribution in [3.63, 3.8) is 0 Å². The van der Waals surface area contributed by atoms with E-state index in [0.29, 0.717) is 12.5 Å². The zero-order valence-corrected chi connectivity index (χ0v) is 9.16. The van der Waals surface area contributed by atoms with Gasteiger partial charge in [0.25, 0.3) is 0 Å². The summed E-state index contributed by atoms with van der Waals surface area (Å²) in [5.74, 6) is 0.249. The number of hydrogen-bond donors (Lipinski definition) is 1. The molecule has 0 amide bonds. The largest absolute Gasteiger partial charge is 0.544 e. The van der Waals surface area contributed by atoms with Crippen molar-refractivity contribution < 1.29 is 19.2 Å². The minimum Gasteiger partial charge on any atom is -0.544 e. The normalized spacial score (nSPS) is 13.0. The molecule has 0 bridgehead atoms. The second kappa shape index (κ2) is 5.56. The van der Waals surface area contributed by atoms with Gasteiger partial charge >= 0.3 is 0 Å². The van der Waals surface area contributed by atoms with Crippen molar-refractivity contribution in [1.29, 1.82) is 0 Å². The Morgan fingerprint density at radius 3 is 2.80 bits per heavy atom.